The maximum Gasteiger partial charge on any atom is 0.227 e. The average molecular weight is 443 g/mol. The highest BCUT2D eigenvalue weighted by Crippen LogP contribution is 2.21. The summed E-state index contributed by atoms with van der Waals surface area (Å²) < 4.78 is 11.1. The van der Waals surface area contributed by atoms with Crippen molar-refractivity contribution in [3.05, 3.63) is 90.1 Å². The highest BCUT2D eigenvalue weighted by molar-refractivity contribution is 5.90. The summed E-state index contributed by atoms with van der Waals surface area (Å²) in [6, 6.07) is 19.2. The number of aryl methyl sites for hydroxylation is 1. The Labute approximate surface area is 192 Å². The molecule has 33 heavy (non-hydrogen) atoms. The van der Waals surface area contributed by atoms with E-state index in [2.05, 4.69) is 46.4 Å². The first-order valence-electron chi connectivity index (χ1n) is 10.9. The van der Waals surface area contributed by atoms with Crippen LogP contribution in [0, 0.1) is 0 Å². The van der Waals surface area contributed by atoms with E-state index >= 15 is 0 Å². The summed E-state index contributed by atoms with van der Waals surface area (Å²) in [6.45, 7) is 4.71. The minimum atomic E-state index is -0.138. The van der Waals surface area contributed by atoms with Crippen LogP contribution in [0.4, 0.5) is 5.69 Å². The minimum absolute atomic E-state index is 0.138. The number of ether oxygens (including phenoxy) is 1. The molecule has 0 aliphatic rings. The molecule has 2 heterocycles. The van der Waals surface area contributed by atoms with Crippen LogP contribution in [-0.4, -0.2) is 21.0 Å². The third-order valence-electron chi connectivity index (χ3n) is 5.12. The van der Waals surface area contributed by atoms with Gasteiger partial charge in [-0.05, 0) is 29.7 Å². The fourth-order valence-corrected chi connectivity index (χ4v) is 3.25. The zero-order valence-corrected chi connectivity index (χ0v) is 18.7. The van der Waals surface area contributed by atoms with E-state index in [1.807, 2.05) is 42.5 Å². The Bertz CT molecular complexity index is 1190. The number of aromatic nitrogens is 3. The van der Waals surface area contributed by atoms with E-state index in [4.69, 9.17) is 9.26 Å². The third-order valence-corrected chi connectivity index (χ3v) is 5.12. The molecule has 0 saturated carbocycles. The lowest BCUT2D eigenvalue weighted by Gasteiger charge is -2.09. The minimum Gasteiger partial charge on any atom is -0.489 e. The van der Waals surface area contributed by atoms with Crippen molar-refractivity contribution in [1.82, 2.24) is 15.1 Å². The Morgan fingerprint density at radius 2 is 1.94 bits per heavy atom. The SMILES string of the molecule is CC(C)c1ccc(-c2noc(CCC(=O)Nc3cccc(OCc4cccnc4)c3)n2)cc1. The van der Waals surface area contributed by atoms with Gasteiger partial charge < -0.3 is 14.6 Å². The molecule has 0 aliphatic heterocycles. The Hall–Kier alpha value is -4.00. The van der Waals surface area contributed by atoms with Crippen molar-refractivity contribution in [3.8, 4) is 17.1 Å². The zero-order chi connectivity index (χ0) is 23.0. The average Bonchev–Trinajstić information content (AvgIpc) is 3.32. The molecule has 1 N–H and O–H groups in total. The van der Waals surface area contributed by atoms with Crippen molar-refractivity contribution in [2.75, 3.05) is 5.32 Å². The standard InChI is InChI=1S/C26H26N4O3/c1-18(2)20-8-10-21(11-9-20)26-29-25(33-30-26)13-12-24(31)28-22-6-3-7-23(15-22)32-17-19-5-4-14-27-16-19/h3-11,14-16,18H,12-13,17H2,1-2H3,(H,28,31). The van der Waals surface area contributed by atoms with Crippen LogP contribution in [0.1, 0.15) is 43.2 Å². The number of hydrogen-bond acceptors (Lipinski definition) is 6. The predicted octanol–water partition coefficient (Wildman–Crippen LogP) is 5.41. The number of anilines is 1. The Balaban J connectivity index is 1.28. The molecule has 7 heteroatoms. The first-order valence-corrected chi connectivity index (χ1v) is 10.9. The van der Waals surface area contributed by atoms with Crippen LogP contribution in [0.25, 0.3) is 11.4 Å². The van der Waals surface area contributed by atoms with Crippen LogP contribution in [0.15, 0.2) is 77.6 Å². The third kappa shape index (κ3) is 6.26. The topological polar surface area (TPSA) is 90.1 Å². The van der Waals surface area contributed by atoms with Gasteiger partial charge in [0.2, 0.25) is 17.6 Å². The molecule has 168 valence electrons. The molecule has 4 aromatic rings. The lowest BCUT2D eigenvalue weighted by Crippen LogP contribution is -2.12. The summed E-state index contributed by atoms with van der Waals surface area (Å²) >= 11 is 0. The van der Waals surface area contributed by atoms with Crippen molar-refractivity contribution in [1.29, 1.82) is 0 Å². The molecule has 1 amide bonds. The molecule has 0 saturated heterocycles. The van der Waals surface area contributed by atoms with Crippen LogP contribution >= 0.6 is 0 Å². The summed E-state index contributed by atoms with van der Waals surface area (Å²) in [5.41, 5.74) is 3.79. The molecule has 0 atom stereocenters. The summed E-state index contributed by atoms with van der Waals surface area (Å²) in [4.78, 5) is 20.9. The van der Waals surface area contributed by atoms with E-state index in [0.717, 1.165) is 11.1 Å². The van der Waals surface area contributed by atoms with Crippen molar-refractivity contribution in [3.63, 3.8) is 0 Å². The van der Waals surface area contributed by atoms with Gasteiger partial charge in [0.25, 0.3) is 0 Å². The van der Waals surface area contributed by atoms with E-state index in [-0.39, 0.29) is 12.3 Å². The number of carbonyl (C=O) groups is 1. The van der Waals surface area contributed by atoms with Gasteiger partial charge in [-0.15, -0.1) is 0 Å². The second-order valence-corrected chi connectivity index (χ2v) is 8.01. The van der Waals surface area contributed by atoms with Crippen LogP contribution in [-0.2, 0) is 17.8 Å². The van der Waals surface area contributed by atoms with Crippen LogP contribution in [0.5, 0.6) is 5.75 Å². The van der Waals surface area contributed by atoms with Crippen molar-refractivity contribution in [2.45, 2.75) is 39.2 Å². The molecule has 0 aliphatic carbocycles. The van der Waals surface area contributed by atoms with E-state index in [1.165, 1.54) is 5.56 Å². The summed E-state index contributed by atoms with van der Waals surface area (Å²) in [5, 5.41) is 6.93. The lowest BCUT2D eigenvalue weighted by atomic mass is 10.0. The van der Waals surface area contributed by atoms with Crippen molar-refractivity contribution < 1.29 is 14.1 Å². The molecule has 4 rings (SSSR count). The van der Waals surface area contributed by atoms with Gasteiger partial charge in [0.05, 0.1) is 0 Å². The van der Waals surface area contributed by atoms with Gasteiger partial charge in [-0.2, -0.15) is 4.98 Å². The van der Waals surface area contributed by atoms with Crippen LogP contribution in [0.2, 0.25) is 0 Å². The van der Waals surface area contributed by atoms with E-state index < -0.39 is 0 Å². The molecule has 0 radical (unpaired) electrons. The van der Waals surface area contributed by atoms with Gasteiger partial charge in [-0.1, -0.05) is 55.4 Å². The molecule has 0 unspecified atom stereocenters. The van der Waals surface area contributed by atoms with E-state index in [9.17, 15) is 4.79 Å². The second kappa shape index (κ2) is 10.5. The smallest absolute Gasteiger partial charge is 0.227 e. The summed E-state index contributed by atoms with van der Waals surface area (Å²) in [7, 11) is 0. The van der Waals surface area contributed by atoms with Crippen molar-refractivity contribution in [2.24, 2.45) is 0 Å². The van der Waals surface area contributed by atoms with Gasteiger partial charge in [-0.25, -0.2) is 0 Å². The fourth-order valence-electron chi connectivity index (χ4n) is 3.25. The monoisotopic (exact) mass is 442 g/mol. The highest BCUT2D eigenvalue weighted by atomic mass is 16.5. The van der Waals surface area contributed by atoms with Crippen LogP contribution < -0.4 is 10.1 Å². The Morgan fingerprint density at radius 1 is 1.09 bits per heavy atom. The number of rotatable bonds is 9. The number of carbonyl (C=O) groups excluding carboxylic acids is 1. The fraction of sp³-hybridized carbons (Fsp3) is 0.231. The number of nitrogens with one attached hydrogen (secondary N) is 1. The molecule has 2 aromatic heterocycles. The lowest BCUT2D eigenvalue weighted by molar-refractivity contribution is -0.116. The molecular weight excluding hydrogens is 416 g/mol. The molecule has 0 fully saturated rings. The number of nitrogens with zero attached hydrogens (tertiary/aromatic N) is 3. The molecule has 0 bridgehead atoms. The van der Waals surface area contributed by atoms with E-state index in [0.29, 0.717) is 42.1 Å². The largest absolute Gasteiger partial charge is 0.489 e. The maximum atomic E-state index is 12.4. The van der Waals surface area contributed by atoms with Crippen molar-refractivity contribution >= 4 is 11.6 Å². The van der Waals surface area contributed by atoms with Gasteiger partial charge in [-0.3, -0.25) is 9.78 Å². The first kappa shape index (κ1) is 22.2. The quantitative estimate of drug-likeness (QED) is 0.373. The molecule has 2 aromatic carbocycles. The number of amides is 1. The Kier molecular flexibility index (Phi) is 7.09. The summed E-state index contributed by atoms with van der Waals surface area (Å²) in [5.74, 6) is 1.95. The maximum absolute atomic E-state index is 12.4. The van der Waals surface area contributed by atoms with Gasteiger partial charge in [0.15, 0.2) is 0 Å². The highest BCUT2D eigenvalue weighted by Gasteiger charge is 2.12. The number of pyridine rings is 1. The predicted molar refractivity (Wildman–Crippen MR) is 126 cm³/mol. The molecule has 7 nitrogen and oxygen atoms in total. The second-order valence-electron chi connectivity index (χ2n) is 8.01. The molecular formula is C26H26N4O3. The number of hydrogen-bond donors (Lipinski definition) is 1. The normalized spacial score (nSPS) is 10.9. The van der Waals surface area contributed by atoms with E-state index in [1.54, 1.807) is 18.5 Å². The van der Waals surface area contributed by atoms with Gasteiger partial charge >= 0.3 is 0 Å². The summed E-state index contributed by atoms with van der Waals surface area (Å²) in [6.07, 6.45) is 4.07. The Morgan fingerprint density at radius 3 is 2.70 bits per heavy atom. The zero-order valence-electron chi connectivity index (χ0n) is 18.7. The van der Waals surface area contributed by atoms with Gasteiger partial charge in [0.1, 0.15) is 12.4 Å². The van der Waals surface area contributed by atoms with Crippen LogP contribution in [0.3, 0.4) is 0 Å². The number of benzene rings is 2. The molecule has 0 spiro atoms. The van der Waals surface area contributed by atoms with Gasteiger partial charge in [0, 0.05) is 48.1 Å². The first-order chi connectivity index (χ1) is 16.1.